The highest BCUT2D eigenvalue weighted by molar-refractivity contribution is 7.80. The van der Waals surface area contributed by atoms with Crippen LogP contribution in [0, 0.1) is 0 Å². The Kier molecular flexibility index (Phi) is 7.34. The van der Waals surface area contributed by atoms with Crippen LogP contribution in [0.2, 0.25) is 0 Å². The van der Waals surface area contributed by atoms with Crippen molar-refractivity contribution < 1.29 is 0 Å². The average molecular weight is 314 g/mol. The van der Waals surface area contributed by atoms with Crippen molar-refractivity contribution in [3.8, 4) is 0 Å². The molecule has 2 N–H and O–H groups in total. The Hall–Kier alpha value is -1.45. The first kappa shape index (κ1) is 16.9. The van der Waals surface area contributed by atoms with Crippen molar-refractivity contribution in [1.82, 2.24) is 10.6 Å². The summed E-state index contributed by atoms with van der Waals surface area (Å²) >= 11 is 5.44. The molecule has 3 heteroatoms. The van der Waals surface area contributed by atoms with E-state index in [0.717, 1.165) is 31.0 Å². The molecule has 0 saturated heterocycles. The zero-order valence-corrected chi connectivity index (χ0v) is 14.2. The first-order valence-corrected chi connectivity index (χ1v) is 8.65. The van der Waals surface area contributed by atoms with Gasteiger partial charge in [-0.25, -0.2) is 0 Å². The van der Waals surface area contributed by atoms with Crippen molar-refractivity contribution in [2.45, 2.75) is 32.6 Å². The number of benzene rings is 2. The largest absolute Gasteiger partial charge is 0.378 e. The molecule has 0 unspecified atom stereocenters. The minimum atomic E-state index is 0.815. The molecule has 2 aromatic rings. The lowest BCUT2D eigenvalue weighted by molar-refractivity contribution is 0.611. The molecule has 118 valence electrons. The molecule has 2 rings (SSSR count). The second kappa shape index (κ2) is 9.54. The maximum Gasteiger partial charge on any atom is 0.0798 e. The molecule has 0 aliphatic heterocycles. The lowest BCUT2D eigenvalue weighted by Crippen LogP contribution is -2.32. The Morgan fingerprint density at radius 3 is 2.59 bits per heavy atom. The molecule has 0 bridgehead atoms. The number of thiocarbonyl (C=S) groups is 1. The minimum absolute atomic E-state index is 0.815. The van der Waals surface area contributed by atoms with Gasteiger partial charge < -0.3 is 10.6 Å². The maximum atomic E-state index is 5.44. The summed E-state index contributed by atoms with van der Waals surface area (Å²) in [5.74, 6) is 0. The Labute approximate surface area is 139 Å². The van der Waals surface area contributed by atoms with E-state index in [0.29, 0.717) is 0 Å². The summed E-state index contributed by atoms with van der Waals surface area (Å²) in [4.78, 5) is 0.922. The predicted molar refractivity (Wildman–Crippen MR) is 101 cm³/mol. The fourth-order valence-corrected chi connectivity index (χ4v) is 2.78. The standard InChI is InChI=1S/C19H26N2S/c1-2-3-6-11-20-12-13-21-19(22)15-16-9-10-17-7-4-5-8-18(17)14-16/h4-5,7-10,14,20H,2-3,6,11-13,15H2,1H3,(H,21,22). The second-order valence-corrected chi connectivity index (χ2v) is 6.16. The second-order valence-electron chi connectivity index (χ2n) is 5.67. The van der Waals surface area contributed by atoms with Gasteiger partial charge >= 0.3 is 0 Å². The quantitative estimate of drug-likeness (QED) is 0.539. The van der Waals surface area contributed by atoms with E-state index in [2.05, 4.69) is 60.0 Å². The normalized spacial score (nSPS) is 10.8. The summed E-state index contributed by atoms with van der Waals surface area (Å²) in [6.45, 7) is 5.21. The van der Waals surface area contributed by atoms with Crippen LogP contribution in [0.5, 0.6) is 0 Å². The van der Waals surface area contributed by atoms with Crippen LogP contribution >= 0.6 is 12.2 Å². The summed E-state index contributed by atoms with van der Waals surface area (Å²) in [6.07, 6.45) is 4.66. The van der Waals surface area contributed by atoms with E-state index in [1.165, 1.54) is 35.6 Å². The molecule has 0 saturated carbocycles. The van der Waals surface area contributed by atoms with Crippen LogP contribution < -0.4 is 10.6 Å². The average Bonchev–Trinajstić information content (AvgIpc) is 2.54. The molecule has 0 aromatic heterocycles. The van der Waals surface area contributed by atoms with Crippen molar-refractivity contribution in [3.63, 3.8) is 0 Å². The van der Waals surface area contributed by atoms with E-state index in [-0.39, 0.29) is 0 Å². The van der Waals surface area contributed by atoms with Gasteiger partial charge in [-0.1, -0.05) is 74.4 Å². The van der Waals surface area contributed by atoms with Gasteiger partial charge in [-0.2, -0.15) is 0 Å². The lowest BCUT2D eigenvalue weighted by Gasteiger charge is -2.09. The molecular formula is C19H26N2S. The Bertz CT molecular complexity index is 595. The van der Waals surface area contributed by atoms with Crippen LogP contribution in [0.25, 0.3) is 10.8 Å². The van der Waals surface area contributed by atoms with Crippen LogP contribution in [0.4, 0.5) is 0 Å². The van der Waals surface area contributed by atoms with Gasteiger partial charge in [-0.15, -0.1) is 0 Å². The number of nitrogens with one attached hydrogen (secondary N) is 2. The van der Waals surface area contributed by atoms with E-state index >= 15 is 0 Å². The van der Waals surface area contributed by atoms with Crippen LogP contribution in [0.15, 0.2) is 42.5 Å². The van der Waals surface area contributed by atoms with E-state index in [4.69, 9.17) is 12.2 Å². The number of unbranched alkanes of at least 4 members (excludes halogenated alkanes) is 2. The molecule has 0 spiro atoms. The van der Waals surface area contributed by atoms with Gasteiger partial charge in [0.1, 0.15) is 0 Å². The van der Waals surface area contributed by atoms with Crippen molar-refractivity contribution >= 4 is 28.0 Å². The molecule has 0 aliphatic carbocycles. The van der Waals surface area contributed by atoms with Crippen LogP contribution in [-0.4, -0.2) is 24.6 Å². The van der Waals surface area contributed by atoms with Gasteiger partial charge in [0.2, 0.25) is 0 Å². The summed E-state index contributed by atoms with van der Waals surface area (Å²) in [7, 11) is 0. The fourth-order valence-electron chi connectivity index (χ4n) is 2.51. The van der Waals surface area contributed by atoms with E-state index in [9.17, 15) is 0 Å². The van der Waals surface area contributed by atoms with Gasteiger partial charge in [-0.05, 0) is 29.3 Å². The van der Waals surface area contributed by atoms with Gasteiger partial charge in [0, 0.05) is 19.5 Å². The Morgan fingerprint density at radius 2 is 1.77 bits per heavy atom. The number of fused-ring (bicyclic) bond motifs is 1. The van der Waals surface area contributed by atoms with Crippen molar-refractivity contribution in [2.24, 2.45) is 0 Å². The highest BCUT2D eigenvalue weighted by Gasteiger charge is 2.00. The van der Waals surface area contributed by atoms with Gasteiger partial charge in [0.25, 0.3) is 0 Å². The summed E-state index contributed by atoms with van der Waals surface area (Å²) < 4.78 is 0. The molecule has 0 amide bonds. The van der Waals surface area contributed by atoms with Gasteiger partial charge in [0.05, 0.1) is 4.99 Å². The Morgan fingerprint density at radius 1 is 0.955 bits per heavy atom. The van der Waals surface area contributed by atoms with Crippen LogP contribution in [0.3, 0.4) is 0 Å². The van der Waals surface area contributed by atoms with Gasteiger partial charge in [-0.3, -0.25) is 0 Å². The molecule has 0 aliphatic rings. The molecule has 0 heterocycles. The topological polar surface area (TPSA) is 24.1 Å². The molecular weight excluding hydrogens is 288 g/mol. The highest BCUT2D eigenvalue weighted by atomic mass is 32.1. The zero-order chi connectivity index (χ0) is 15.6. The van der Waals surface area contributed by atoms with Crippen LogP contribution in [-0.2, 0) is 6.42 Å². The molecule has 0 fully saturated rings. The molecule has 0 radical (unpaired) electrons. The van der Waals surface area contributed by atoms with Gasteiger partial charge in [0.15, 0.2) is 0 Å². The zero-order valence-electron chi connectivity index (χ0n) is 13.4. The number of hydrogen-bond donors (Lipinski definition) is 2. The fraction of sp³-hybridized carbons (Fsp3) is 0.421. The van der Waals surface area contributed by atoms with Crippen molar-refractivity contribution in [3.05, 3.63) is 48.0 Å². The predicted octanol–water partition coefficient (Wildman–Crippen LogP) is 4.08. The van der Waals surface area contributed by atoms with E-state index < -0.39 is 0 Å². The third-order valence-electron chi connectivity index (χ3n) is 3.76. The first-order valence-electron chi connectivity index (χ1n) is 8.24. The maximum absolute atomic E-state index is 5.44. The van der Waals surface area contributed by atoms with E-state index in [1.54, 1.807) is 0 Å². The molecule has 22 heavy (non-hydrogen) atoms. The number of rotatable bonds is 9. The number of hydrogen-bond acceptors (Lipinski definition) is 2. The SMILES string of the molecule is CCCCCNCCNC(=S)Cc1ccc2ccccc2c1. The van der Waals surface area contributed by atoms with Crippen molar-refractivity contribution in [1.29, 1.82) is 0 Å². The van der Waals surface area contributed by atoms with Crippen molar-refractivity contribution in [2.75, 3.05) is 19.6 Å². The molecule has 0 atom stereocenters. The molecule has 2 nitrogen and oxygen atoms in total. The summed E-state index contributed by atoms with van der Waals surface area (Å²) in [5, 5.41) is 9.34. The smallest absolute Gasteiger partial charge is 0.0798 e. The minimum Gasteiger partial charge on any atom is -0.378 e. The third-order valence-corrected chi connectivity index (χ3v) is 4.05. The summed E-state index contributed by atoms with van der Waals surface area (Å²) in [6, 6.07) is 15.0. The third kappa shape index (κ3) is 5.74. The first-order chi connectivity index (χ1) is 10.8. The Balaban J connectivity index is 1.69. The summed E-state index contributed by atoms with van der Waals surface area (Å²) in [5.41, 5.74) is 1.27. The highest BCUT2D eigenvalue weighted by Crippen LogP contribution is 2.16. The monoisotopic (exact) mass is 314 g/mol. The lowest BCUT2D eigenvalue weighted by atomic mass is 10.1. The van der Waals surface area contributed by atoms with E-state index in [1.807, 2.05) is 0 Å². The molecule has 2 aromatic carbocycles. The van der Waals surface area contributed by atoms with Crippen LogP contribution in [0.1, 0.15) is 31.7 Å².